The molecule has 9 heteroatoms. The minimum Gasteiger partial charge on any atom is -0.504 e. The third-order valence-electron chi connectivity index (χ3n) is 3.81. The fraction of sp³-hybridized carbons (Fsp3) is 0.316. The number of ketones is 1. The van der Waals surface area contributed by atoms with Crippen molar-refractivity contribution in [3.63, 3.8) is 0 Å². The molecule has 0 amide bonds. The molecule has 1 N–H and O–H groups in total. The van der Waals surface area contributed by atoms with Crippen molar-refractivity contribution in [1.82, 2.24) is 0 Å². The average molecular weight is 512 g/mol. The fourth-order valence-corrected chi connectivity index (χ4v) is 2.76. The van der Waals surface area contributed by atoms with Gasteiger partial charge in [-0.2, -0.15) is 8.78 Å². The maximum Gasteiger partial charge on any atom is 0.205 e. The first-order valence-electron chi connectivity index (χ1n) is 8.41. The fourth-order valence-electron chi connectivity index (χ4n) is 2.29. The summed E-state index contributed by atoms with van der Waals surface area (Å²) in [4.78, 5) is 11.6. The molecule has 0 aliphatic carbocycles. The topological polar surface area (TPSA) is 55.8 Å². The Morgan fingerprint density at radius 3 is 2.11 bits per heavy atom. The van der Waals surface area contributed by atoms with Crippen LogP contribution in [0.3, 0.4) is 0 Å². The predicted molar refractivity (Wildman–Crippen MR) is 102 cm³/mol. The molecule has 2 rings (SSSR count). The van der Waals surface area contributed by atoms with E-state index in [9.17, 15) is 27.5 Å². The molecule has 2 aromatic rings. The number of carbonyl (C=O) groups excluding carboxylic acids is 1. The molecule has 0 atom stereocenters. The summed E-state index contributed by atoms with van der Waals surface area (Å²) in [6.07, 6.45) is 0.976. The van der Waals surface area contributed by atoms with Gasteiger partial charge in [-0.25, -0.2) is 8.78 Å². The van der Waals surface area contributed by atoms with E-state index in [1.165, 1.54) is 40.8 Å². The van der Waals surface area contributed by atoms with E-state index in [0.29, 0.717) is 18.4 Å². The number of aromatic hydroxyl groups is 1. The van der Waals surface area contributed by atoms with Crippen LogP contribution in [0.4, 0.5) is 17.6 Å². The van der Waals surface area contributed by atoms with Crippen molar-refractivity contribution < 1.29 is 36.9 Å². The third-order valence-corrected chi connectivity index (χ3v) is 4.76. The summed E-state index contributed by atoms with van der Waals surface area (Å²) < 4.78 is 63.7. The van der Waals surface area contributed by atoms with Crippen LogP contribution in [-0.2, 0) is 0 Å². The van der Waals surface area contributed by atoms with Crippen LogP contribution in [0.5, 0.6) is 17.2 Å². The van der Waals surface area contributed by atoms with Gasteiger partial charge in [-0.15, -0.1) is 0 Å². The molecule has 0 fully saturated rings. The number of rotatable bonds is 9. The molecule has 0 aliphatic rings. The smallest absolute Gasteiger partial charge is 0.205 e. The summed E-state index contributed by atoms with van der Waals surface area (Å²) in [6.45, 7) is 1.67. The highest BCUT2D eigenvalue weighted by Crippen LogP contribution is 2.31. The number of ether oxygens (including phenoxy) is 2. The van der Waals surface area contributed by atoms with Gasteiger partial charge in [0.05, 0.1) is 16.8 Å². The summed E-state index contributed by atoms with van der Waals surface area (Å²) >= 11 is 1.17. The first-order chi connectivity index (χ1) is 13.3. The van der Waals surface area contributed by atoms with E-state index in [2.05, 4.69) is 0 Å². The van der Waals surface area contributed by atoms with Crippen molar-refractivity contribution >= 4 is 28.4 Å². The van der Waals surface area contributed by atoms with Gasteiger partial charge in [0.1, 0.15) is 0 Å². The predicted octanol–water partition coefficient (Wildman–Crippen LogP) is 5.38. The van der Waals surface area contributed by atoms with Crippen LogP contribution in [0.25, 0.3) is 0 Å². The molecule has 2 aromatic carbocycles. The monoisotopic (exact) mass is 512 g/mol. The van der Waals surface area contributed by atoms with Gasteiger partial charge >= 0.3 is 0 Å². The maximum absolute atomic E-state index is 13.7. The van der Waals surface area contributed by atoms with Gasteiger partial charge in [-0.3, -0.25) is 4.79 Å². The van der Waals surface area contributed by atoms with E-state index in [1.54, 1.807) is 6.92 Å². The van der Waals surface area contributed by atoms with E-state index in [0.717, 1.165) is 0 Å². The Labute approximate surface area is 172 Å². The lowest BCUT2D eigenvalue weighted by Crippen LogP contribution is -2.08. The number of benzene rings is 2. The highest BCUT2D eigenvalue weighted by atomic mass is 127. The second kappa shape index (κ2) is 9.94. The highest BCUT2D eigenvalue weighted by Gasteiger charge is 2.25. The van der Waals surface area contributed by atoms with Gasteiger partial charge in [0.25, 0.3) is 0 Å². The normalized spacial score (nSPS) is 10.8. The summed E-state index contributed by atoms with van der Waals surface area (Å²) in [6, 6.07) is 4.32. The molecule has 0 saturated carbocycles. The molecule has 0 saturated heterocycles. The molecule has 0 spiro atoms. The highest BCUT2D eigenvalue weighted by molar-refractivity contribution is 14.1. The number of hydrogen-bond acceptors (Lipinski definition) is 4. The van der Waals surface area contributed by atoms with Gasteiger partial charge in [0.15, 0.2) is 34.7 Å². The zero-order chi connectivity index (χ0) is 20.8. The number of unbranched alkanes of at least 4 members (excludes halogenated alkanes) is 1. The average Bonchev–Trinajstić information content (AvgIpc) is 2.69. The molecular weight excluding hydrogens is 495 g/mol. The second-order valence-corrected chi connectivity index (χ2v) is 6.84. The van der Waals surface area contributed by atoms with E-state index in [1.807, 2.05) is 0 Å². The largest absolute Gasteiger partial charge is 0.504 e. The van der Waals surface area contributed by atoms with E-state index in [4.69, 9.17) is 9.47 Å². The Hall–Kier alpha value is -2.04. The Bertz CT molecular complexity index is 844. The first-order valence-corrected chi connectivity index (χ1v) is 9.49. The van der Waals surface area contributed by atoms with Crippen molar-refractivity contribution in [2.24, 2.45) is 0 Å². The first kappa shape index (κ1) is 22.3. The van der Waals surface area contributed by atoms with Crippen LogP contribution in [-0.4, -0.2) is 24.1 Å². The van der Waals surface area contributed by atoms with Gasteiger partial charge in [-0.1, -0.05) is 6.92 Å². The third kappa shape index (κ3) is 5.06. The van der Waals surface area contributed by atoms with E-state index in [-0.39, 0.29) is 36.9 Å². The van der Waals surface area contributed by atoms with Crippen molar-refractivity contribution in [2.75, 3.05) is 13.2 Å². The van der Waals surface area contributed by atoms with Gasteiger partial charge in [0.2, 0.25) is 11.6 Å². The van der Waals surface area contributed by atoms with Crippen LogP contribution in [0, 0.1) is 26.8 Å². The number of carbonyl (C=O) groups is 1. The molecule has 152 valence electrons. The van der Waals surface area contributed by atoms with Crippen molar-refractivity contribution in [3.05, 3.63) is 50.6 Å². The Morgan fingerprint density at radius 1 is 1.00 bits per heavy atom. The molecule has 0 bridgehead atoms. The molecule has 28 heavy (non-hydrogen) atoms. The van der Waals surface area contributed by atoms with E-state index >= 15 is 0 Å². The zero-order valence-corrected chi connectivity index (χ0v) is 17.0. The minimum atomic E-state index is -1.58. The molecule has 4 nitrogen and oxygen atoms in total. The second-order valence-electron chi connectivity index (χ2n) is 5.76. The van der Waals surface area contributed by atoms with Gasteiger partial charge < -0.3 is 14.6 Å². The lowest BCUT2D eigenvalue weighted by Gasteiger charge is -2.11. The number of Topliss-reactive ketones (excluding diaryl/α,β-unsaturated/α-hetero) is 1. The molecule has 0 aromatic heterocycles. The number of phenols is 1. The Morgan fingerprint density at radius 2 is 1.57 bits per heavy atom. The Kier molecular flexibility index (Phi) is 7.90. The summed E-state index contributed by atoms with van der Waals surface area (Å²) in [5.41, 5.74) is 0.377. The molecular formula is C19H17F4IO4. The zero-order valence-electron chi connectivity index (χ0n) is 14.8. The van der Waals surface area contributed by atoms with Gasteiger partial charge in [-0.05, 0) is 53.6 Å². The minimum absolute atomic E-state index is 0.109. The lowest BCUT2D eigenvalue weighted by molar-refractivity contribution is 0.0987. The number of hydrogen-bond donors (Lipinski definition) is 1. The maximum atomic E-state index is 13.7. The molecule has 0 heterocycles. The summed E-state index contributed by atoms with van der Waals surface area (Å²) in [7, 11) is 0. The summed E-state index contributed by atoms with van der Waals surface area (Å²) in [5.74, 6) is -7.35. The number of halogens is 5. The van der Waals surface area contributed by atoms with Crippen molar-refractivity contribution in [3.8, 4) is 17.2 Å². The van der Waals surface area contributed by atoms with Crippen LogP contribution in [0.2, 0.25) is 0 Å². The molecule has 0 unspecified atom stereocenters. The van der Waals surface area contributed by atoms with Crippen molar-refractivity contribution in [1.29, 1.82) is 0 Å². The quantitative estimate of drug-likeness (QED) is 0.122. The van der Waals surface area contributed by atoms with Crippen LogP contribution in [0.15, 0.2) is 18.2 Å². The SMILES string of the molecule is CCC(=O)c1ccc(OCCCCOc2c(F)c(F)c(I)c(F)c2F)c(O)c1. The lowest BCUT2D eigenvalue weighted by atomic mass is 10.1. The van der Waals surface area contributed by atoms with Crippen LogP contribution >= 0.6 is 22.6 Å². The number of phenolic OH excluding ortho intramolecular Hbond substituents is 1. The standard InChI is InChI=1S/C19H17F4IO4/c1-2-11(25)10-5-6-13(12(26)9-10)27-7-3-4-8-28-19-16(22)14(20)18(24)15(21)17(19)23/h5-6,9,26H,2-4,7-8H2,1H3. The van der Waals surface area contributed by atoms with Crippen LogP contribution < -0.4 is 9.47 Å². The van der Waals surface area contributed by atoms with Crippen molar-refractivity contribution in [2.45, 2.75) is 26.2 Å². The Balaban J connectivity index is 1.83. The summed E-state index contributed by atoms with van der Waals surface area (Å²) in [5, 5.41) is 9.87. The van der Waals surface area contributed by atoms with Gasteiger partial charge in [0, 0.05) is 12.0 Å². The molecule has 0 aliphatic heterocycles. The van der Waals surface area contributed by atoms with E-state index < -0.39 is 32.6 Å². The molecule has 0 radical (unpaired) electrons. The van der Waals surface area contributed by atoms with Crippen LogP contribution in [0.1, 0.15) is 36.5 Å².